The smallest absolute Gasteiger partial charge is 0.411 e. The molecular formula is C11H18F3NO3. The van der Waals surface area contributed by atoms with E-state index in [0.29, 0.717) is 19.5 Å². The first-order chi connectivity index (χ1) is 8.44. The highest BCUT2D eigenvalue weighted by atomic mass is 19.4. The van der Waals surface area contributed by atoms with Crippen molar-refractivity contribution in [1.29, 1.82) is 0 Å². The van der Waals surface area contributed by atoms with E-state index in [1.165, 1.54) is 7.11 Å². The Hall–Kier alpha value is -0.820. The number of esters is 1. The van der Waals surface area contributed by atoms with Gasteiger partial charge >= 0.3 is 12.1 Å². The van der Waals surface area contributed by atoms with Crippen LogP contribution in [0.5, 0.6) is 0 Å². The number of hydrogen-bond acceptors (Lipinski definition) is 4. The van der Waals surface area contributed by atoms with E-state index in [2.05, 4.69) is 9.47 Å². The van der Waals surface area contributed by atoms with E-state index in [-0.39, 0.29) is 18.6 Å². The summed E-state index contributed by atoms with van der Waals surface area (Å²) in [5.41, 5.74) is 0. The molecule has 0 unspecified atom stereocenters. The molecule has 1 rings (SSSR count). The van der Waals surface area contributed by atoms with Crippen LogP contribution in [0.15, 0.2) is 0 Å². The van der Waals surface area contributed by atoms with Gasteiger partial charge in [0, 0.05) is 6.54 Å². The molecule has 0 radical (unpaired) electrons. The second-order valence-corrected chi connectivity index (χ2v) is 4.24. The highest BCUT2D eigenvalue weighted by Gasteiger charge is 2.30. The number of likely N-dealkylation sites (tertiary alicyclic amines) is 1. The molecule has 1 heterocycles. The molecule has 4 nitrogen and oxygen atoms in total. The van der Waals surface area contributed by atoms with Crippen molar-refractivity contribution >= 4 is 5.97 Å². The second kappa shape index (κ2) is 6.94. The summed E-state index contributed by atoms with van der Waals surface area (Å²) >= 11 is 0. The third-order valence-electron chi connectivity index (χ3n) is 2.88. The van der Waals surface area contributed by atoms with Crippen LogP contribution in [0.4, 0.5) is 13.2 Å². The van der Waals surface area contributed by atoms with Gasteiger partial charge in [-0.3, -0.25) is 9.69 Å². The van der Waals surface area contributed by atoms with E-state index in [9.17, 15) is 18.0 Å². The van der Waals surface area contributed by atoms with Gasteiger partial charge < -0.3 is 9.47 Å². The molecule has 106 valence electrons. The van der Waals surface area contributed by atoms with Crippen molar-refractivity contribution in [1.82, 2.24) is 4.90 Å². The van der Waals surface area contributed by atoms with E-state index in [0.717, 1.165) is 12.8 Å². The monoisotopic (exact) mass is 269 g/mol. The average molecular weight is 269 g/mol. The van der Waals surface area contributed by atoms with Crippen molar-refractivity contribution in [2.24, 2.45) is 0 Å². The fraction of sp³-hybridized carbons (Fsp3) is 0.909. The number of piperidine rings is 1. The number of alkyl halides is 3. The number of hydrogen-bond donors (Lipinski definition) is 0. The van der Waals surface area contributed by atoms with Crippen molar-refractivity contribution in [3.63, 3.8) is 0 Å². The first-order valence-electron chi connectivity index (χ1n) is 5.90. The molecular weight excluding hydrogens is 251 g/mol. The lowest BCUT2D eigenvalue weighted by Crippen LogP contribution is -2.46. The zero-order valence-corrected chi connectivity index (χ0v) is 10.3. The van der Waals surface area contributed by atoms with Crippen molar-refractivity contribution < 1.29 is 27.4 Å². The van der Waals surface area contributed by atoms with Gasteiger partial charge in [0.15, 0.2) is 0 Å². The molecule has 0 bridgehead atoms. The number of halogens is 3. The predicted molar refractivity (Wildman–Crippen MR) is 58.1 cm³/mol. The highest BCUT2D eigenvalue weighted by Crippen LogP contribution is 2.18. The van der Waals surface area contributed by atoms with Gasteiger partial charge in [-0.05, 0) is 19.4 Å². The summed E-state index contributed by atoms with van der Waals surface area (Å²) in [7, 11) is 1.31. The van der Waals surface area contributed by atoms with Gasteiger partial charge in [-0.15, -0.1) is 0 Å². The second-order valence-electron chi connectivity index (χ2n) is 4.24. The SMILES string of the molecule is COC(=O)[C@H]1CCCCN1CCOCC(F)(F)F. The Labute approximate surface area is 104 Å². The van der Waals surface area contributed by atoms with Gasteiger partial charge in [0.2, 0.25) is 0 Å². The normalized spacial score (nSPS) is 21.9. The van der Waals surface area contributed by atoms with E-state index < -0.39 is 12.8 Å². The van der Waals surface area contributed by atoms with Crippen LogP contribution in [0.1, 0.15) is 19.3 Å². The van der Waals surface area contributed by atoms with E-state index in [1.54, 1.807) is 0 Å². The summed E-state index contributed by atoms with van der Waals surface area (Å²) < 4.78 is 44.8. The minimum atomic E-state index is -4.30. The molecule has 18 heavy (non-hydrogen) atoms. The Morgan fingerprint density at radius 2 is 2.11 bits per heavy atom. The Balaban J connectivity index is 2.32. The Morgan fingerprint density at radius 3 is 2.72 bits per heavy atom. The van der Waals surface area contributed by atoms with Gasteiger partial charge in [0.05, 0.1) is 13.7 Å². The quantitative estimate of drug-likeness (QED) is 0.561. The zero-order chi connectivity index (χ0) is 13.6. The molecule has 7 heteroatoms. The van der Waals surface area contributed by atoms with Gasteiger partial charge in [-0.25, -0.2) is 0 Å². The number of methoxy groups -OCH3 is 1. The average Bonchev–Trinajstić information content (AvgIpc) is 2.33. The molecule has 0 aromatic carbocycles. The molecule has 0 N–H and O–H groups in total. The molecule has 0 amide bonds. The highest BCUT2D eigenvalue weighted by molar-refractivity contribution is 5.75. The standard InChI is InChI=1S/C11H18F3NO3/c1-17-10(16)9-4-2-3-5-15(9)6-7-18-8-11(12,13)14/h9H,2-8H2,1H3/t9-/m1/s1. The fourth-order valence-corrected chi connectivity index (χ4v) is 2.03. The van der Waals surface area contributed by atoms with Crippen molar-refractivity contribution in [3.05, 3.63) is 0 Å². The first-order valence-corrected chi connectivity index (χ1v) is 5.90. The number of ether oxygens (including phenoxy) is 2. The summed E-state index contributed by atoms with van der Waals surface area (Å²) in [6.07, 6.45) is -1.75. The summed E-state index contributed by atoms with van der Waals surface area (Å²) in [6.45, 7) is -0.276. The van der Waals surface area contributed by atoms with Crippen LogP contribution >= 0.6 is 0 Å². The van der Waals surface area contributed by atoms with Crippen LogP contribution in [-0.2, 0) is 14.3 Å². The topological polar surface area (TPSA) is 38.8 Å². The number of nitrogens with zero attached hydrogens (tertiary/aromatic N) is 1. The molecule has 0 aromatic heterocycles. The van der Waals surface area contributed by atoms with Crippen LogP contribution < -0.4 is 0 Å². The molecule has 1 aliphatic rings. The van der Waals surface area contributed by atoms with Gasteiger partial charge in [-0.1, -0.05) is 6.42 Å². The lowest BCUT2D eigenvalue weighted by atomic mass is 10.0. The van der Waals surface area contributed by atoms with Gasteiger partial charge in [-0.2, -0.15) is 13.2 Å². The third kappa shape index (κ3) is 5.22. The lowest BCUT2D eigenvalue weighted by molar-refractivity contribution is -0.175. The van der Waals surface area contributed by atoms with Crippen molar-refractivity contribution in [3.8, 4) is 0 Å². The van der Waals surface area contributed by atoms with Gasteiger partial charge in [0.25, 0.3) is 0 Å². The molecule has 0 aliphatic carbocycles. The van der Waals surface area contributed by atoms with Gasteiger partial charge in [0.1, 0.15) is 12.6 Å². The zero-order valence-electron chi connectivity index (χ0n) is 10.3. The maximum atomic E-state index is 11.9. The maximum Gasteiger partial charge on any atom is 0.411 e. The predicted octanol–water partition coefficient (Wildman–Crippen LogP) is 1.59. The molecule has 1 saturated heterocycles. The third-order valence-corrected chi connectivity index (χ3v) is 2.88. The Morgan fingerprint density at radius 1 is 1.39 bits per heavy atom. The van der Waals surface area contributed by atoms with E-state index >= 15 is 0 Å². The van der Waals surface area contributed by atoms with Crippen LogP contribution in [-0.4, -0.2) is 56.5 Å². The largest absolute Gasteiger partial charge is 0.468 e. The minimum absolute atomic E-state index is 0.0347. The lowest BCUT2D eigenvalue weighted by Gasteiger charge is -2.33. The molecule has 1 fully saturated rings. The van der Waals surface area contributed by atoms with Crippen LogP contribution in [0, 0.1) is 0 Å². The van der Waals surface area contributed by atoms with Crippen LogP contribution in [0.2, 0.25) is 0 Å². The van der Waals surface area contributed by atoms with Crippen LogP contribution in [0.3, 0.4) is 0 Å². The molecule has 1 atom stereocenters. The maximum absolute atomic E-state index is 11.9. The van der Waals surface area contributed by atoms with Crippen LogP contribution in [0.25, 0.3) is 0 Å². The Kier molecular flexibility index (Phi) is 5.87. The summed E-state index contributed by atoms with van der Waals surface area (Å²) in [5, 5.41) is 0. The first kappa shape index (κ1) is 15.2. The summed E-state index contributed by atoms with van der Waals surface area (Å²) in [5.74, 6) is -0.328. The summed E-state index contributed by atoms with van der Waals surface area (Å²) in [6, 6.07) is -0.349. The number of rotatable bonds is 5. The Bertz CT molecular complexity index is 271. The number of carbonyl (C=O) groups excluding carboxylic acids is 1. The van der Waals surface area contributed by atoms with E-state index in [1.807, 2.05) is 4.90 Å². The van der Waals surface area contributed by atoms with E-state index in [4.69, 9.17) is 0 Å². The van der Waals surface area contributed by atoms with Crippen molar-refractivity contribution in [2.45, 2.75) is 31.5 Å². The molecule has 0 aromatic rings. The molecule has 0 saturated carbocycles. The van der Waals surface area contributed by atoms with Crippen molar-refractivity contribution in [2.75, 3.05) is 33.4 Å². The summed E-state index contributed by atoms with van der Waals surface area (Å²) in [4.78, 5) is 13.3. The minimum Gasteiger partial charge on any atom is -0.468 e. The number of carbonyl (C=O) groups is 1. The fourth-order valence-electron chi connectivity index (χ4n) is 2.03. The molecule has 1 aliphatic heterocycles. The molecule has 0 spiro atoms.